The number of aliphatic imine (C=N–C) groups is 1. The number of carbonyl (C=O) groups excluding carboxylic acids is 1. The van der Waals surface area contributed by atoms with E-state index < -0.39 is 21.6 Å². The van der Waals surface area contributed by atoms with E-state index in [1.54, 1.807) is 24.3 Å². The van der Waals surface area contributed by atoms with Crippen molar-refractivity contribution in [2.24, 2.45) is 4.99 Å². The number of hydrogen-bond acceptors (Lipinski definition) is 7. The fraction of sp³-hybridized carbons (Fsp3) is 0.107. The van der Waals surface area contributed by atoms with Gasteiger partial charge in [-0.25, -0.2) is 9.79 Å². The molecule has 0 aliphatic carbocycles. The third kappa shape index (κ3) is 5.04. The SMILES string of the molecule is O=C1OC(c2ccccc2)=NC1(Cc1ccccc1)Cc1ccc(OS(=O)(=O)c2ccccc2)cn1. The van der Waals surface area contributed by atoms with Crippen LogP contribution in [0.15, 0.2) is 119 Å². The maximum absolute atomic E-state index is 13.2. The van der Waals surface area contributed by atoms with Crippen molar-refractivity contribution in [1.82, 2.24) is 4.98 Å². The molecule has 0 spiro atoms. The van der Waals surface area contributed by atoms with E-state index in [0.717, 1.165) is 5.56 Å². The van der Waals surface area contributed by atoms with Gasteiger partial charge in [0.1, 0.15) is 4.90 Å². The molecular weight excluding hydrogens is 476 g/mol. The maximum atomic E-state index is 13.2. The van der Waals surface area contributed by atoms with Crippen LogP contribution in [-0.2, 0) is 32.5 Å². The second kappa shape index (κ2) is 9.75. The first-order valence-corrected chi connectivity index (χ1v) is 12.7. The number of pyridine rings is 1. The molecule has 1 aromatic heterocycles. The van der Waals surface area contributed by atoms with Crippen molar-refractivity contribution in [2.45, 2.75) is 23.3 Å². The highest BCUT2D eigenvalue weighted by molar-refractivity contribution is 7.87. The van der Waals surface area contributed by atoms with Crippen LogP contribution in [0.1, 0.15) is 16.8 Å². The summed E-state index contributed by atoms with van der Waals surface area (Å²) in [5, 5.41) is 0. The number of benzene rings is 3. The molecular formula is C28H22N2O5S. The van der Waals surface area contributed by atoms with Crippen LogP contribution in [0.25, 0.3) is 0 Å². The molecule has 8 heteroatoms. The van der Waals surface area contributed by atoms with Gasteiger partial charge in [-0.1, -0.05) is 66.7 Å². The zero-order valence-corrected chi connectivity index (χ0v) is 20.0. The molecule has 5 rings (SSSR count). The summed E-state index contributed by atoms with van der Waals surface area (Å²) in [6.07, 6.45) is 1.82. The molecule has 0 saturated heterocycles. The summed E-state index contributed by atoms with van der Waals surface area (Å²) in [6, 6.07) is 29.9. The Balaban J connectivity index is 1.42. The minimum absolute atomic E-state index is 0.0485. The summed E-state index contributed by atoms with van der Waals surface area (Å²) >= 11 is 0. The molecule has 4 aromatic rings. The predicted molar refractivity (Wildman–Crippen MR) is 134 cm³/mol. The zero-order chi connectivity index (χ0) is 25.0. The van der Waals surface area contributed by atoms with E-state index in [4.69, 9.17) is 13.9 Å². The Bertz CT molecular complexity index is 1490. The third-order valence-corrected chi connectivity index (χ3v) is 7.02. The van der Waals surface area contributed by atoms with Crippen molar-refractivity contribution in [3.8, 4) is 5.75 Å². The first kappa shape index (κ1) is 23.4. The van der Waals surface area contributed by atoms with Crippen LogP contribution in [-0.4, -0.2) is 30.8 Å². The number of cyclic esters (lactones) is 1. The Kier molecular flexibility index (Phi) is 6.35. The Morgan fingerprint density at radius 1 is 0.778 bits per heavy atom. The van der Waals surface area contributed by atoms with Gasteiger partial charge in [0.2, 0.25) is 5.90 Å². The van der Waals surface area contributed by atoms with E-state index in [2.05, 4.69) is 4.98 Å². The van der Waals surface area contributed by atoms with Gasteiger partial charge in [0.05, 0.1) is 6.20 Å². The number of aromatic nitrogens is 1. The zero-order valence-electron chi connectivity index (χ0n) is 19.2. The van der Waals surface area contributed by atoms with Crippen molar-refractivity contribution in [3.63, 3.8) is 0 Å². The highest BCUT2D eigenvalue weighted by Gasteiger charge is 2.46. The number of nitrogens with zero attached hydrogens (tertiary/aromatic N) is 2. The van der Waals surface area contributed by atoms with Crippen LogP contribution in [0.5, 0.6) is 5.75 Å². The Morgan fingerprint density at radius 2 is 1.42 bits per heavy atom. The summed E-state index contributed by atoms with van der Waals surface area (Å²) < 4.78 is 35.9. The molecule has 2 heterocycles. The van der Waals surface area contributed by atoms with E-state index in [1.807, 2.05) is 60.7 Å². The lowest BCUT2D eigenvalue weighted by Crippen LogP contribution is -2.39. The van der Waals surface area contributed by atoms with Crippen molar-refractivity contribution in [2.75, 3.05) is 0 Å². The molecule has 7 nitrogen and oxygen atoms in total. The standard InChI is InChI=1S/C28H22N2O5S/c31-27-28(18-21-10-4-1-5-11-21,30-26(34-27)22-12-6-2-7-13-22)19-23-16-17-24(20-29-23)35-36(32,33)25-14-8-3-9-15-25/h1-17,20H,18-19H2. The average molecular weight is 499 g/mol. The first-order valence-electron chi connectivity index (χ1n) is 11.3. The van der Waals surface area contributed by atoms with E-state index in [1.165, 1.54) is 24.4 Å². The number of ether oxygens (including phenoxy) is 1. The third-order valence-electron chi connectivity index (χ3n) is 5.75. The van der Waals surface area contributed by atoms with E-state index >= 15 is 0 Å². The lowest BCUT2D eigenvalue weighted by Gasteiger charge is -2.22. The number of rotatable bonds is 8. The van der Waals surface area contributed by atoms with Crippen LogP contribution < -0.4 is 4.18 Å². The highest BCUT2D eigenvalue weighted by atomic mass is 32.2. The summed E-state index contributed by atoms with van der Waals surface area (Å²) in [4.78, 5) is 22.4. The highest BCUT2D eigenvalue weighted by Crippen LogP contribution is 2.31. The minimum Gasteiger partial charge on any atom is -0.405 e. The molecule has 1 aliphatic heterocycles. The van der Waals surface area contributed by atoms with E-state index in [0.29, 0.717) is 17.7 Å². The summed E-state index contributed by atoms with van der Waals surface area (Å²) in [7, 11) is -3.98. The Morgan fingerprint density at radius 3 is 2.06 bits per heavy atom. The van der Waals surface area contributed by atoms with Crippen molar-refractivity contribution in [1.29, 1.82) is 0 Å². The molecule has 1 aliphatic rings. The lowest BCUT2D eigenvalue weighted by atomic mass is 9.87. The van der Waals surface area contributed by atoms with Crippen LogP contribution in [0.4, 0.5) is 0 Å². The fourth-order valence-corrected chi connectivity index (χ4v) is 4.93. The Labute approximate surface area is 209 Å². The van der Waals surface area contributed by atoms with E-state index in [-0.39, 0.29) is 23.0 Å². The van der Waals surface area contributed by atoms with Crippen LogP contribution in [0.3, 0.4) is 0 Å². The number of carbonyl (C=O) groups is 1. The van der Waals surface area contributed by atoms with Crippen LogP contribution in [0, 0.1) is 0 Å². The van der Waals surface area contributed by atoms with Gasteiger partial charge >= 0.3 is 16.1 Å². The second-order valence-electron chi connectivity index (χ2n) is 8.38. The average Bonchev–Trinajstić information content (AvgIpc) is 3.22. The van der Waals surface area contributed by atoms with Crippen molar-refractivity contribution < 1.29 is 22.1 Å². The normalized spacial score (nSPS) is 17.3. The molecule has 3 aromatic carbocycles. The van der Waals surface area contributed by atoms with Gasteiger partial charge in [-0.3, -0.25) is 4.98 Å². The minimum atomic E-state index is -3.98. The molecule has 180 valence electrons. The van der Waals surface area contributed by atoms with Gasteiger partial charge in [-0.05, 0) is 42.0 Å². The first-order chi connectivity index (χ1) is 17.4. The van der Waals surface area contributed by atoms with Gasteiger partial charge < -0.3 is 8.92 Å². The molecule has 0 saturated carbocycles. The molecule has 1 atom stereocenters. The molecule has 0 radical (unpaired) electrons. The lowest BCUT2D eigenvalue weighted by molar-refractivity contribution is -0.139. The van der Waals surface area contributed by atoms with E-state index in [9.17, 15) is 13.2 Å². The Hall–Kier alpha value is -4.30. The van der Waals surface area contributed by atoms with Crippen molar-refractivity contribution >= 4 is 22.0 Å². The second-order valence-corrected chi connectivity index (χ2v) is 9.93. The quantitative estimate of drug-likeness (QED) is 0.264. The summed E-state index contributed by atoms with van der Waals surface area (Å²) in [5.74, 6) is -0.119. The largest absolute Gasteiger partial charge is 0.405 e. The van der Waals surface area contributed by atoms with Crippen LogP contribution >= 0.6 is 0 Å². The molecule has 0 fully saturated rings. The molecule has 0 amide bonds. The monoisotopic (exact) mass is 498 g/mol. The topological polar surface area (TPSA) is 94.9 Å². The predicted octanol–water partition coefficient (Wildman–Crippen LogP) is 4.38. The van der Waals surface area contributed by atoms with Gasteiger partial charge in [-0.2, -0.15) is 8.42 Å². The van der Waals surface area contributed by atoms with Gasteiger partial charge in [-0.15, -0.1) is 0 Å². The van der Waals surface area contributed by atoms with Crippen LogP contribution in [0.2, 0.25) is 0 Å². The van der Waals surface area contributed by atoms with Gasteiger partial charge in [0.15, 0.2) is 11.3 Å². The van der Waals surface area contributed by atoms with Gasteiger partial charge in [0.25, 0.3) is 0 Å². The molecule has 1 unspecified atom stereocenters. The maximum Gasteiger partial charge on any atom is 0.341 e. The van der Waals surface area contributed by atoms with Crippen molar-refractivity contribution in [3.05, 3.63) is 126 Å². The molecule has 0 bridgehead atoms. The smallest absolute Gasteiger partial charge is 0.341 e. The molecule has 0 N–H and O–H groups in total. The fourth-order valence-electron chi connectivity index (χ4n) is 4.00. The molecule has 36 heavy (non-hydrogen) atoms. The summed E-state index contributed by atoms with van der Waals surface area (Å²) in [6.45, 7) is 0. The number of hydrogen-bond donors (Lipinski definition) is 0. The number of esters is 1. The summed E-state index contributed by atoms with van der Waals surface area (Å²) in [5.41, 5.74) is 0.980. The van der Waals surface area contributed by atoms with Gasteiger partial charge in [0, 0.05) is 24.1 Å².